The van der Waals surface area contributed by atoms with Crippen LogP contribution in [0, 0.1) is 48.5 Å². The first kappa shape index (κ1) is 23.5. The van der Waals surface area contributed by atoms with E-state index in [1.54, 1.807) is 24.3 Å². The van der Waals surface area contributed by atoms with Crippen molar-refractivity contribution in [1.82, 2.24) is 0 Å². The smallest absolute Gasteiger partial charge is 0.176 e. The Hall–Kier alpha value is -2.50. The molecule has 2 aromatic heterocycles. The van der Waals surface area contributed by atoms with E-state index in [0.29, 0.717) is 5.46 Å². The number of nitrogens with one attached hydrogen (secondary N) is 2. The van der Waals surface area contributed by atoms with E-state index in [9.17, 15) is 10.0 Å². The summed E-state index contributed by atoms with van der Waals surface area (Å²) < 4.78 is 0. The van der Waals surface area contributed by atoms with Gasteiger partial charge in [-0.05, 0) is 31.9 Å². The van der Waals surface area contributed by atoms with Crippen LogP contribution in [0.1, 0.15) is 39.5 Å². The van der Waals surface area contributed by atoms with Crippen molar-refractivity contribution in [3.8, 4) is 0 Å². The lowest BCUT2D eigenvalue weighted by Crippen LogP contribution is -2.55. The molecule has 0 saturated heterocycles. The van der Waals surface area contributed by atoms with Crippen molar-refractivity contribution in [2.45, 2.75) is 48.5 Å². The number of pyridine rings is 2. The Bertz CT molecular complexity index is 728. The molecule has 0 bridgehead atoms. The van der Waals surface area contributed by atoms with Crippen molar-refractivity contribution in [3.05, 3.63) is 88.0 Å². The number of rotatable bonds is 1. The van der Waals surface area contributed by atoms with Crippen LogP contribution in [0.4, 0.5) is 0 Å². The van der Waals surface area contributed by atoms with E-state index in [1.807, 2.05) is 6.92 Å². The minimum atomic E-state index is -1.85. The first-order chi connectivity index (χ1) is 13.1. The summed E-state index contributed by atoms with van der Waals surface area (Å²) in [6.07, 6.45) is 0. The number of hydrogen-bond acceptors (Lipinski definition) is 2. The minimum absolute atomic E-state index is 0.311. The average molecular weight is 378 g/mol. The number of hydrogen-bond donors (Lipinski definition) is 0. The molecule has 0 radical (unpaired) electrons. The normalized spacial score (nSPS) is 9.61. The van der Waals surface area contributed by atoms with Crippen molar-refractivity contribution in [1.29, 1.82) is 0 Å². The van der Waals surface area contributed by atoms with Gasteiger partial charge in [-0.1, -0.05) is 36.9 Å². The fourth-order valence-corrected chi connectivity index (χ4v) is 2.94. The Kier molecular flexibility index (Phi) is 9.56. The first-order valence-corrected chi connectivity index (χ1v) is 9.39. The molecule has 0 aliphatic heterocycles. The Morgan fingerprint density at radius 2 is 0.857 bits per heavy atom. The van der Waals surface area contributed by atoms with Gasteiger partial charge in [0, 0.05) is 52.0 Å². The molecular weight excluding hydrogens is 347 g/mol. The van der Waals surface area contributed by atoms with E-state index < -0.39 is 7.12 Å². The Morgan fingerprint density at radius 3 is 1.11 bits per heavy atom. The van der Waals surface area contributed by atoms with Gasteiger partial charge in [0.1, 0.15) is 0 Å². The van der Waals surface area contributed by atoms with Gasteiger partial charge < -0.3 is 10.0 Å². The number of aromatic amines is 2. The van der Waals surface area contributed by atoms with Crippen LogP contribution < -0.4 is 25.5 Å². The Morgan fingerprint density at radius 1 is 0.536 bits per heavy atom. The molecule has 0 amide bonds. The van der Waals surface area contributed by atoms with Gasteiger partial charge in [0.2, 0.25) is 0 Å². The van der Waals surface area contributed by atoms with Gasteiger partial charge in [0.25, 0.3) is 0 Å². The molecular formula is C23H31BN2O2. The van der Waals surface area contributed by atoms with E-state index in [2.05, 4.69) is 75.8 Å². The fourth-order valence-electron chi connectivity index (χ4n) is 2.94. The van der Waals surface area contributed by atoms with E-state index in [0.717, 1.165) is 5.56 Å². The topological polar surface area (TPSA) is 74.4 Å². The maximum atomic E-state index is 10.3. The lowest BCUT2D eigenvalue weighted by atomic mass is 9.80. The Balaban J connectivity index is 0.000000210. The lowest BCUT2D eigenvalue weighted by molar-refractivity contribution is -0.397. The molecule has 0 aliphatic rings. The van der Waals surface area contributed by atoms with Crippen LogP contribution in [0.5, 0.6) is 0 Å². The molecule has 0 fully saturated rings. The van der Waals surface area contributed by atoms with Gasteiger partial charge in [-0.15, -0.1) is 5.46 Å². The summed E-state index contributed by atoms with van der Waals surface area (Å²) in [5, 5.41) is 20.6. The van der Waals surface area contributed by atoms with Crippen molar-refractivity contribution in [2.75, 3.05) is 0 Å². The Labute approximate surface area is 169 Å². The summed E-state index contributed by atoms with van der Waals surface area (Å²) in [5.74, 6) is 0. The zero-order chi connectivity index (χ0) is 21.3. The van der Waals surface area contributed by atoms with Crippen molar-refractivity contribution in [3.63, 3.8) is 0 Å². The summed E-state index contributed by atoms with van der Waals surface area (Å²) in [5.41, 5.74) is 8.93. The highest BCUT2D eigenvalue weighted by Gasteiger charge is 1.96. The summed E-state index contributed by atoms with van der Waals surface area (Å²) >= 11 is 0. The van der Waals surface area contributed by atoms with Crippen molar-refractivity contribution in [2.24, 2.45) is 0 Å². The molecule has 0 unspecified atom stereocenters. The number of benzene rings is 1. The van der Waals surface area contributed by atoms with Crippen molar-refractivity contribution < 1.29 is 20.0 Å². The van der Waals surface area contributed by atoms with Crippen molar-refractivity contribution >= 4 is 12.6 Å². The predicted molar refractivity (Wildman–Crippen MR) is 111 cm³/mol. The third kappa shape index (κ3) is 9.44. The third-order valence-electron chi connectivity index (χ3n) is 3.91. The zero-order valence-corrected chi connectivity index (χ0v) is 18.0. The molecule has 2 heterocycles. The van der Waals surface area contributed by atoms with E-state index in [4.69, 9.17) is 0 Å². The second-order valence-corrected chi connectivity index (χ2v) is 7.29. The van der Waals surface area contributed by atoms with Gasteiger partial charge in [-0.3, -0.25) is 0 Å². The van der Waals surface area contributed by atoms with Crippen LogP contribution >= 0.6 is 0 Å². The van der Waals surface area contributed by atoms with Crippen LogP contribution in [0.2, 0.25) is 0 Å². The molecule has 0 spiro atoms. The second-order valence-electron chi connectivity index (χ2n) is 7.29. The highest BCUT2D eigenvalue weighted by atomic mass is 16.4. The maximum Gasteiger partial charge on any atom is 0.176 e. The van der Waals surface area contributed by atoms with Crippen LogP contribution in [0.25, 0.3) is 0 Å². The van der Waals surface area contributed by atoms with Crippen LogP contribution in [0.3, 0.4) is 0 Å². The number of aryl methyl sites for hydroxylation is 7. The van der Waals surface area contributed by atoms with E-state index in [-0.39, 0.29) is 0 Å². The lowest BCUT2D eigenvalue weighted by Gasteiger charge is -2.26. The molecule has 28 heavy (non-hydrogen) atoms. The summed E-state index contributed by atoms with van der Waals surface area (Å²) in [6.45, 7) is 14.4. The van der Waals surface area contributed by atoms with Crippen LogP contribution in [-0.4, -0.2) is 7.12 Å². The summed E-state index contributed by atoms with van der Waals surface area (Å²) in [4.78, 5) is 6.42. The average Bonchev–Trinajstić information content (AvgIpc) is 2.53. The van der Waals surface area contributed by atoms with Gasteiger partial charge >= 0.3 is 0 Å². The maximum absolute atomic E-state index is 10.3. The SMILES string of the molecule is Cc1cc(C)[nH+]c(C)c1.Cc1cc(C)[nH+]c(C)c1.Cc1ccc(B([O-])[O-])cc1. The molecule has 0 aliphatic carbocycles. The monoisotopic (exact) mass is 378 g/mol. The summed E-state index contributed by atoms with van der Waals surface area (Å²) in [7, 11) is -1.85. The summed E-state index contributed by atoms with van der Waals surface area (Å²) in [6, 6.07) is 15.2. The molecule has 0 atom stereocenters. The van der Waals surface area contributed by atoms with Crippen LogP contribution in [0.15, 0.2) is 48.5 Å². The molecule has 2 N–H and O–H groups in total. The molecule has 148 valence electrons. The number of aromatic nitrogens is 2. The van der Waals surface area contributed by atoms with Gasteiger partial charge in [0.15, 0.2) is 22.8 Å². The molecule has 3 rings (SSSR count). The standard InChI is InChI=1S/2C8H11N.C7H7BO2/c2*1-6-4-7(2)9-8(3)5-6;1-6-2-4-7(5-3-6)8(9)10/h2*4-5H,1-3H3;2-5H,1H3/q;;-2/p+2. The molecule has 1 aromatic carbocycles. The highest BCUT2D eigenvalue weighted by molar-refractivity contribution is 6.55. The molecule has 0 saturated carbocycles. The molecule has 3 aromatic rings. The van der Waals surface area contributed by atoms with Gasteiger partial charge in [0.05, 0.1) is 0 Å². The second kappa shape index (κ2) is 11.4. The minimum Gasteiger partial charge on any atom is -0.889 e. The quantitative estimate of drug-likeness (QED) is 0.598. The zero-order valence-electron chi connectivity index (χ0n) is 18.0. The van der Waals surface area contributed by atoms with E-state index >= 15 is 0 Å². The van der Waals surface area contributed by atoms with Gasteiger partial charge in [-0.2, -0.15) is 0 Å². The van der Waals surface area contributed by atoms with Gasteiger partial charge in [-0.25, -0.2) is 9.97 Å². The largest absolute Gasteiger partial charge is 0.889 e. The fraction of sp³-hybridized carbons (Fsp3) is 0.304. The predicted octanol–water partition coefficient (Wildman–Crippen LogP) is 1.26. The molecule has 4 nitrogen and oxygen atoms in total. The number of H-pyrrole nitrogens is 2. The van der Waals surface area contributed by atoms with E-state index in [1.165, 1.54) is 33.9 Å². The highest BCUT2D eigenvalue weighted by Crippen LogP contribution is 1.98. The first-order valence-electron chi connectivity index (χ1n) is 9.39. The van der Waals surface area contributed by atoms with Crippen LogP contribution in [-0.2, 0) is 0 Å². The third-order valence-corrected chi connectivity index (χ3v) is 3.91. The molecule has 5 heteroatoms.